The lowest BCUT2D eigenvalue weighted by Crippen LogP contribution is -2.24. The van der Waals surface area contributed by atoms with Crippen LogP contribution in [0.25, 0.3) is 10.9 Å². The molecule has 0 radical (unpaired) electrons. The second-order valence-corrected chi connectivity index (χ2v) is 4.79. The topological polar surface area (TPSA) is 84.1 Å². The fourth-order valence-electron chi connectivity index (χ4n) is 2.00. The average Bonchev–Trinajstić information content (AvgIpc) is 2.39. The summed E-state index contributed by atoms with van der Waals surface area (Å²) >= 11 is 6.11. The molecule has 1 aromatic heterocycles. The van der Waals surface area contributed by atoms with E-state index in [-0.39, 0.29) is 32.1 Å². The van der Waals surface area contributed by atoms with Crippen LogP contribution in [0.15, 0.2) is 18.2 Å². The summed E-state index contributed by atoms with van der Waals surface area (Å²) in [4.78, 5) is 8.35. The Morgan fingerprint density at radius 1 is 1.40 bits per heavy atom. The molecule has 4 N–H and O–H groups in total. The van der Waals surface area contributed by atoms with Gasteiger partial charge in [-0.1, -0.05) is 31.0 Å². The number of aromatic nitrogens is 2. The van der Waals surface area contributed by atoms with Gasteiger partial charge in [-0.2, -0.15) is 18.5 Å². The molecule has 7 heteroatoms. The highest BCUT2D eigenvalue weighted by molar-refractivity contribution is 7.59. The average molecular weight is 315 g/mol. The molecule has 0 amide bonds. The first-order chi connectivity index (χ1) is 9.15. The van der Waals surface area contributed by atoms with Crippen LogP contribution in [0.3, 0.4) is 0 Å². The number of aliphatic hydroxyl groups is 1. The number of hydrogen-bond acceptors (Lipinski definition) is 5. The number of nitrogens with zero attached hydrogens (tertiary/aromatic N) is 2. The van der Waals surface area contributed by atoms with Gasteiger partial charge < -0.3 is 16.2 Å². The normalized spacial score (nSPS) is 11.9. The molecule has 1 aromatic carbocycles. The van der Waals surface area contributed by atoms with Crippen molar-refractivity contribution in [2.24, 2.45) is 0 Å². The molecule has 20 heavy (non-hydrogen) atoms. The van der Waals surface area contributed by atoms with Crippen molar-refractivity contribution in [1.82, 2.24) is 9.97 Å². The van der Waals surface area contributed by atoms with Gasteiger partial charge in [0.25, 0.3) is 0 Å². The molecule has 0 spiro atoms. The number of nitrogen functional groups attached to an aromatic ring is 1. The molecule has 1 atom stereocenters. The number of para-hydroxylation sites is 1. The van der Waals surface area contributed by atoms with E-state index >= 15 is 0 Å². The van der Waals surface area contributed by atoms with Crippen molar-refractivity contribution in [3.05, 3.63) is 23.2 Å². The molecule has 0 fully saturated rings. The summed E-state index contributed by atoms with van der Waals surface area (Å²) in [5, 5.41) is 13.9. The first-order valence-electron chi connectivity index (χ1n) is 6.24. The van der Waals surface area contributed by atoms with E-state index in [1.54, 1.807) is 6.07 Å². The van der Waals surface area contributed by atoms with E-state index in [1.807, 2.05) is 12.1 Å². The van der Waals surface area contributed by atoms with Crippen LogP contribution in [0, 0.1) is 0 Å². The summed E-state index contributed by atoms with van der Waals surface area (Å²) in [5.41, 5.74) is 6.32. The highest BCUT2D eigenvalue weighted by Gasteiger charge is 2.12. The third kappa shape index (κ3) is 3.65. The van der Waals surface area contributed by atoms with Crippen LogP contribution < -0.4 is 11.1 Å². The van der Waals surface area contributed by atoms with E-state index in [4.69, 9.17) is 17.3 Å². The zero-order valence-corrected chi connectivity index (χ0v) is 13.0. The van der Waals surface area contributed by atoms with Gasteiger partial charge in [0.2, 0.25) is 5.95 Å². The number of nitrogens with one attached hydrogen (secondary N) is 1. The first-order valence-corrected chi connectivity index (χ1v) is 6.62. The first kappa shape index (κ1) is 16.8. The van der Waals surface area contributed by atoms with Gasteiger partial charge in [-0.3, -0.25) is 0 Å². The summed E-state index contributed by atoms with van der Waals surface area (Å²) in [6.45, 7) is 2.10. The maximum Gasteiger partial charge on any atom is 0.222 e. The van der Waals surface area contributed by atoms with Crippen LogP contribution in [0.1, 0.15) is 19.8 Å². The Bertz CT molecular complexity index is 582. The molecule has 1 heterocycles. The van der Waals surface area contributed by atoms with Crippen molar-refractivity contribution in [2.45, 2.75) is 25.8 Å². The number of halogens is 1. The number of nitrogens with two attached hydrogens (primary N) is 1. The van der Waals surface area contributed by atoms with E-state index in [0.717, 1.165) is 18.2 Å². The SMILES string of the molecule is CCC[C@@H](CO)Nc1nc(N)nc2c(Cl)cccc12.S. The fraction of sp³-hybridized carbons (Fsp3) is 0.385. The van der Waals surface area contributed by atoms with Crippen molar-refractivity contribution in [1.29, 1.82) is 0 Å². The molecule has 0 saturated heterocycles. The lowest BCUT2D eigenvalue weighted by Gasteiger charge is -2.17. The predicted molar refractivity (Wildman–Crippen MR) is 88.7 cm³/mol. The van der Waals surface area contributed by atoms with E-state index in [9.17, 15) is 5.11 Å². The van der Waals surface area contributed by atoms with Crippen molar-refractivity contribution in [2.75, 3.05) is 17.7 Å². The molecule has 2 rings (SSSR count). The van der Waals surface area contributed by atoms with Crippen LogP contribution in [0.4, 0.5) is 11.8 Å². The molecular formula is C13H19ClN4OS. The van der Waals surface area contributed by atoms with Crippen molar-refractivity contribution >= 4 is 47.8 Å². The van der Waals surface area contributed by atoms with E-state index in [0.29, 0.717) is 16.4 Å². The summed E-state index contributed by atoms with van der Waals surface area (Å²) < 4.78 is 0. The molecule has 0 aliphatic heterocycles. The second kappa shape index (κ2) is 7.52. The standard InChI is InChI=1S/C13H17ClN4O.H2S/c1-2-4-8(7-19)16-12-9-5-3-6-10(14)11(9)17-13(15)18-12;/h3,5-6,8,19H,2,4,7H2,1H3,(H3,15,16,17,18);1H2/t8-;/m0./s1. The lowest BCUT2D eigenvalue weighted by atomic mass is 10.1. The van der Waals surface area contributed by atoms with Gasteiger partial charge in [-0.05, 0) is 18.6 Å². The number of fused-ring (bicyclic) bond motifs is 1. The molecule has 2 aromatic rings. The largest absolute Gasteiger partial charge is 0.394 e. The van der Waals surface area contributed by atoms with Crippen LogP contribution in [0.2, 0.25) is 5.02 Å². The van der Waals surface area contributed by atoms with Crippen LogP contribution in [0.5, 0.6) is 0 Å². The Morgan fingerprint density at radius 2 is 2.15 bits per heavy atom. The van der Waals surface area contributed by atoms with Gasteiger partial charge in [0, 0.05) is 5.39 Å². The summed E-state index contributed by atoms with van der Waals surface area (Å²) in [6, 6.07) is 5.42. The lowest BCUT2D eigenvalue weighted by molar-refractivity contribution is 0.268. The zero-order chi connectivity index (χ0) is 13.8. The highest BCUT2D eigenvalue weighted by Crippen LogP contribution is 2.27. The van der Waals surface area contributed by atoms with E-state index in [1.165, 1.54) is 0 Å². The molecule has 0 unspecified atom stereocenters. The Hall–Kier alpha value is -1.24. The molecule has 5 nitrogen and oxygen atoms in total. The zero-order valence-electron chi connectivity index (χ0n) is 11.2. The minimum atomic E-state index is -0.0542. The van der Waals surface area contributed by atoms with Crippen LogP contribution in [-0.2, 0) is 0 Å². The highest BCUT2D eigenvalue weighted by atomic mass is 35.5. The quantitative estimate of drug-likeness (QED) is 0.790. The minimum absolute atomic E-state index is 0. The monoisotopic (exact) mass is 314 g/mol. The molecule has 110 valence electrons. The number of rotatable bonds is 5. The van der Waals surface area contributed by atoms with E-state index in [2.05, 4.69) is 22.2 Å². The van der Waals surface area contributed by atoms with Crippen LogP contribution >= 0.6 is 25.1 Å². The van der Waals surface area contributed by atoms with Crippen molar-refractivity contribution < 1.29 is 5.11 Å². The summed E-state index contributed by atoms with van der Waals surface area (Å²) in [5.74, 6) is 0.772. The number of anilines is 2. The number of benzene rings is 1. The third-order valence-electron chi connectivity index (χ3n) is 2.89. The van der Waals surface area contributed by atoms with Crippen molar-refractivity contribution in [3.8, 4) is 0 Å². The minimum Gasteiger partial charge on any atom is -0.394 e. The van der Waals surface area contributed by atoms with Gasteiger partial charge >= 0.3 is 0 Å². The predicted octanol–water partition coefficient (Wildman–Crippen LogP) is 2.55. The molecule has 0 aliphatic carbocycles. The Balaban J connectivity index is 0.00000200. The maximum atomic E-state index is 9.35. The molecule has 0 aliphatic rings. The summed E-state index contributed by atoms with van der Waals surface area (Å²) in [6.07, 6.45) is 1.82. The Morgan fingerprint density at radius 3 is 2.80 bits per heavy atom. The van der Waals surface area contributed by atoms with Crippen LogP contribution in [-0.4, -0.2) is 27.7 Å². The number of hydrogen-bond donors (Lipinski definition) is 3. The molecule has 0 bridgehead atoms. The molecule has 0 saturated carbocycles. The van der Waals surface area contributed by atoms with Gasteiger partial charge in [-0.25, -0.2) is 4.98 Å². The second-order valence-electron chi connectivity index (χ2n) is 4.38. The Labute approximate surface area is 130 Å². The van der Waals surface area contributed by atoms with Gasteiger partial charge in [0.1, 0.15) is 5.82 Å². The maximum absolute atomic E-state index is 9.35. The van der Waals surface area contributed by atoms with Gasteiger partial charge in [0.15, 0.2) is 0 Å². The van der Waals surface area contributed by atoms with Gasteiger partial charge in [-0.15, -0.1) is 0 Å². The number of aliphatic hydroxyl groups excluding tert-OH is 1. The Kier molecular flexibility index (Phi) is 6.32. The fourth-order valence-corrected chi connectivity index (χ4v) is 2.21. The molecular weight excluding hydrogens is 296 g/mol. The smallest absolute Gasteiger partial charge is 0.222 e. The van der Waals surface area contributed by atoms with Gasteiger partial charge in [0.05, 0.1) is 23.2 Å². The third-order valence-corrected chi connectivity index (χ3v) is 3.20. The van der Waals surface area contributed by atoms with E-state index < -0.39 is 0 Å². The summed E-state index contributed by atoms with van der Waals surface area (Å²) in [7, 11) is 0. The van der Waals surface area contributed by atoms with Crippen molar-refractivity contribution in [3.63, 3.8) is 0 Å².